The quantitative estimate of drug-likeness (QED) is 0.843. The lowest BCUT2D eigenvalue weighted by molar-refractivity contribution is -0.210. The van der Waals surface area contributed by atoms with E-state index in [1.54, 1.807) is 0 Å². The summed E-state index contributed by atoms with van der Waals surface area (Å²) in [5, 5.41) is 3.79. The van der Waals surface area contributed by atoms with Gasteiger partial charge in [0.25, 0.3) is 0 Å². The number of hydrogen-bond donors (Lipinski definition) is 1. The molecule has 2 N–H and O–H groups in total. The molecule has 0 atom stereocenters. The van der Waals surface area contributed by atoms with Crippen LogP contribution in [-0.4, -0.2) is 37.0 Å². The molecule has 0 radical (unpaired) electrons. The first kappa shape index (κ1) is 14.5. The van der Waals surface area contributed by atoms with Crippen LogP contribution in [0.1, 0.15) is 24.5 Å². The molecule has 1 heterocycles. The molecule has 1 aliphatic rings. The molecular weight excluding hydrogens is 252 g/mol. The number of rotatable bonds is 3. The highest BCUT2D eigenvalue weighted by atomic mass is 16.2. The summed E-state index contributed by atoms with van der Waals surface area (Å²) in [6.45, 7) is 9.37. The number of nitrogens with two attached hydrogens (primary N) is 1. The van der Waals surface area contributed by atoms with Crippen molar-refractivity contribution in [2.24, 2.45) is 5.11 Å². The van der Waals surface area contributed by atoms with Gasteiger partial charge in [-0.3, -0.25) is 4.79 Å². The molecule has 0 spiro atoms. The normalized spacial score (nSPS) is 15.3. The SMILES string of the molecule is CCC(=O)N1CCN(c2cc(C)c(N=[NH2+])cc2C)CC1. The Hall–Kier alpha value is -1.91. The average Bonchev–Trinajstić information content (AvgIpc) is 2.48. The predicted octanol–water partition coefficient (Wildman–Crippen LogP) is 1.20. The zero-order valence-corrected chi connectivity index (χ0v) is 12.5. The summed E-state index contributed by atoms with van der Waals surface area (Å²) >= 11 is 0. The molecule has 1 saturated heterocycles. The minimum absolute atomic E-state index is 0.245. The van der Waals surface area contributed by atoms with E-state index in [1.807, 2.05) is 24.8 Å². The first-order valence-electron chi connectivity index (χ1n) is 7.11. The monoisotopic (exact) mass is 275 g/mol. The minimum atomic E-state index is 0.245. The second-order valence-electron chi connectivity index (χ2n) is 5.28. The molecule has 0 unspecified atom stereocenters. The molecule has 5 nitrogen and oxygen atoms in total. The fraction of sp³-hybridized carbons (Fsp3) is 0.533. The van der Waals surface area contributed by atoms with Crippen LogP contribution >= 0.6 is 0 Å². The van der Waals surface area contributed by atoms with Crippen molar-refractivity contribution < 1.29 is 10.3 Å². The maximum atomic E-state index is 11.7. The van der Waals surface area contributed by atoms with Gasteiger partial charge in [0, 0.05) is 38.3 Å². The smallest absolute Gasteiger partial charge is 0.222 e. The van der Waals surface area contributed by atoms with E-state index < -0.39 is 0 Å². The Morgan fingerprint density at radius 1 is 1.20 bits per heavy atom. The number of aryl methyl sites for hydroxylation is 2. The number of anilines is 1. The van der Waals surface area contributed by atoms with E-state index >= 15 is 0 Å². The molecule has 1 aromatic rings. The molecule has 20 heavy (non-hydrogen) atoms. The zero-order chi connectivity index (χ0) is 14.7. The molecule has 2 rings (SSSR count). The number of amides is 1. The summed E-state index contributed by atoms with van der Waals surface area (Å²) in [6, 6.07) is 4.16. The second-order valence-corrected chi connectivity index (χ2v) is 5.28. The number of nitrogens with zero attached hydrogens (tertiary/aromatic N) is 3. The summed E-state index contributed by atoms with van der Waals surface area (Å²) in [5.74, 6) is 0.245. The second kappa shape index (κ2) is 6.03. The number of carbonyl (C=O) groups excluding carboxylic acids is 1. The van der Waals surface area contributed by atoms with Gasteiger partial charge in [0.15, 0.2) is 0 Å². The van der Waals surface area contributed by atoms with Gasteiger partial charge in [-0.2, -0.15) is 5.53 Å². The van der Waals surface area contributed by atoms with Crippen molar-refractivity contribution in [2.45, 2.75) is 27.2 Å². The Kier molecular flexibility index (Phi) is 4.37. The lowest BCUT2D eigenvalue weighted by atomic mass is 10.1. The molecule has 1 aliphatic heterocycles. The average molecular weight is 275 g/mol. The summed E-state index contributed by atoms with van der Waals surface area (Å²) in [5.41, 5.74) is 9.70. The van der Waals surface area contributed by atoms with Gasteiger partial charge < -0.3 is 9.80 Å². The van der Waals surface area contributed by atoms with E-state index in [0.29, 0.717) is 6.42 Å². The van der Waals surface area contributed by atoms with Crippen LogP contribution in [0.5, 0.6) is 0 Å². The van der Waals surface area contributed by atoms with E-state index in [4.69, 9.17) is 5.53 Å². The maximum absolute atomic E-state index is 11.7. The molecule has 5 heteroatoms. The molecule has 0 bridgehead atoms. The Bertz CT molecular complexity index is 519. The third-order valence-electron chi connectivity index (χ3n) is 3.93. The third-order valence-corrected chi connectivity index (χ3v) is 3.93. The van der Waals surface area contributed by atoms with Crippen LogP contribution in [0.15, 0.2) is 17.2 Å². The van der Waals surface area contributed by atoms with E-state index in [-0.39, 0.29) is 5.91 Å². The van der Waals surface area contributed by atoms with E-state index in [0.717, 1.165) is 37.4 Å². The van der Waals surface area contributed by atoms with Gasteiger partial charge >= 0.3 is 0 Å². The Morgan fingerprint density at radius 3 is 2.40 bits per heavy atom. The van der Waals surface area contributed by atoms with Gasteiger partial charge in [0.1, 0.15) is 5.69 Å². The predicted molar refractivity (Wildman–Crippen MR) is 79.0 cm³/mol. The van der Waals surface area contributed by atoms with Crippen molar-refractivity contribution in [3.8, 4) is 0 Å². The molecular formula is C15H23N4O+. The lowest BCUT2D eigenvalue weighted by Crippen LogP contribution is -2.48. The highest BCUT2D eigenvalue weighted by Gasteiger charge is 2.21. The summed E-state index contributed by atoms with van der Waals surface area (Å²) in [6.07, 6.45) is 0.588. The zero-order valence-electron chi connectivity index (χ0n) is 12.5. The Balaban J connectivity index is 2.13. The van der Waals surface area contributed by atoms with Crippen molar-refractivity contribution in [3.63, 3.8) is 0 Å². The van der Waals surface area contributed by atoms with Gasteiger partial charge in [-0.05, 0) is 42.2 Å². The van der Waals surface area contributed by atoms with Gasteiger partial charge in [0.2, 0.25) is 5.91 Å². The van der Waals surface area contributed by atoms with Gasteiger partial charge in [-0.15, -0.1) is 0 Å². The van der Waals surface area contributed by atoms with Crippen molar-refractivity contribution in [2.75, 3.05) is 31.1 Å². The standard InChI is InChI=1S/C15H22N4O/c1-4-15(20)19-7-5-18(6-8-19)14-10-11(2)13(17-16)9-12(14)3/h9-10,16H,4-8H2,1-3H3/p+1. The summed E-state index contributed by atoms with van der Waals surface area (Å²) in [7, 11) is 0. The number of hydrogen-bond acceptors (Lipinski definition) is 3. The molecule has 108 valence electrons. The van der Waals surface area contributed by atoms with Crippen LogP contribution in [-0.2, 0) is 4.79 Å². The van der Waals surface area contributed by atoms with E-state index in [1.165, 1.54) is 11.3 Å². The summed E-state index contributed by atoms with van der Waals surface area (Å²) in [4.78, 5) is 16.0. The van der Waals surface area contributed by atoms with Gasteiger partial charge in [0.05, 0.1) is 0 Å². The Morgan fingerprint density at radius 2 is 1.85 bits per heavy atom. The van der Waals surface area contributed by atoms with Gasteiger partial charge in [-0.1, -0.05) is 6.92 Å². The fourth-order valence-electron chi connectivity index (χ4n) is 2.69. The molecule has 0 saturated carbocycles. The van der Waals surface area contributed by atoms with Crippen LogP contribution in [0.3, 0.4) is 0 Å². The highest BCUT2D eigenvalue weighted by Crippen LogP contribution is 2.29. The molecule has 1 amide bonds. The highest BCUT2D eigenvalue weighted by molar-refractivity contribution is 5.76. The van der Waals surface area contributed by atoms with Crippen molar-refractivity contribution in [3.05, 3.63) is 23.3 Å². The van der Waals surface area contributed by atoms with Crippen LogP contribution in [0.4, 0.5) is 11.4 Å². The van der Waals surface area contributed by atoms with E-state index in [9.17, 15) is 4.79 Å². The van der Waals surface area contributed by atoms with Crippen molar-refractivity contribution >= 4 is 17.3 Å². The van der Waals surface area contributed by atoms with E-state index in [2.05, 4.69) is 23.0 Å². The topological polar surface area (TPSA) is 61.5 Å². The molecule has 1 aromatic carbocycles. The van der Waals surface area contributed by atoms with Crippen molar-refractivity contribution in [1.29, 1.82) is 0 Å². The minimum Gasteiger partial charge on any atom is -0.368 e. The molecule has 1 fully saturated rings. The number of piperazine rings is 1. The molecule has 0 aliphatic carbocycles. The van der Waals surface area contributed by atoms with Crippen LogP contribution < -0.4 is 10.4 Å². The van der Waals surface area contributed by atoms with Crippen LogP contribution in [0.2, 0.25) is 0 Å². The Labute approximate surface area is 120 Å². The lowest BCUT2D eigenvalue weighted by Gasteiger charge is -2.37. The first-order valence-corrected chi connectivity index (χ1v) is 7.11. The first-order chi connectivity index (χ1) is 9.56. The van der Waals surface area contributed by atoms with Crippen LogP contribution in [0, 0.1) is 13.8 Å². The van der Waals surface area contributed by atoms with Gasteiger partial charge in [-0.25, -0.2) is 0 Å². The third kappa shape index (κ3) is 2.81. The number of benzene rings is 1. The fourth-order valence-corrected chi connectivity index (χ4v) is 2.69. The number of carbonyl (C=O) groups is 1. The molecule has 0 aromatic heterocycles. The summed E-state index contributed by atoms with van der Waals surface area (Å²) < 4.78 is 0. The van der Waals surface area contributed by atoms with Crippen LogP contribution in [0.25, 0.3) is 0 Å². The largest absolute Gasteiger partial charge is 0.368 e. The van der Waals surface area contributed by atoms with Crippen molar-refractivity contribution in [1.82, 2.24) is 4.90 Å². The maximum Gasteiger partial charge on any atom is 0.222 e.